The van der Waals surface area contributed by atoms with Crippen molar-refractivity contribution < 1.29 is 9.59 Å². The predicted molar refractivity (Wildman–Crippen MR) is 88.7 cm³/mol. The maximum absolute atomic E-state index is 12.7. The Hall–Kier alpha value is -2.69. The number of aliphatic imine (C=N–C) groups is 1. The summed E-state index contributed by atoms with van der Waals surface area (Å²) in [6.45, 7) is 2.31. The molecule has 1 atom stereocenters. The summed E-state index contributed by atoms with van der Waals surface area (Å²) in [5, 5.41) is 2.95. The van der Waals surface area contributed by atoms with Crippen LogP contribution in [-0.2, 0) is 16.0 Å². The van der Waals surface area contributed by atoms with E-state index in [0.29, 0.717) is 12.4 Å². The van der Waals surface area contributed by atoms with Crippen LogP contribution in [0.25, 0.3) is 0 Å². The minimum atomic E-state index is -0.938. The van der Waals surface area contributed by atoms with Gasteiger partial charge in [0.05, 0.1) is 6.42 Å². The monoisotopic (exact) mass is 309 g/mol. The van der Waals surface area contributed by atoms with Crippen LogP contribution in [-0.4, -0.2) is 34.6 Å². The fourth-order valence-corrected chi connectivity index (χ4v) is 2.83. The van der Waals surface area contributed by atoms with Crippen molar-refractivity contribution >= 4 is 17.6 Å². The normalized spacial score (nSPS) is 22.6. The molecule has 0 spiro atoms. The van der Waals surface area contributed by atoms with E-state index >= 15 is 0 Å². The van der Waals surface area contributed by atoms with E-state index in [2.05, 4.69) is 10.3 Å². The van der Waals surface area contributed by atoms with Gasteiger partial charge in [-0.3, -0.25) is 9.59 Å². The van der Waals surface area contributed by atoms with Gasteiger partial charge in [0.15, 0.2) is 0 Å². The van der Waals surface area contributed by atoms with Crippen LogP contribution >= 0.6 is 0 Å². The molecule has 2 heterocycles. The van der Waals surface area contributed by atoms with E-state index < -0.39 is 5.54 Å². The molecular formula is C18H19N3O2. The molecule has 2 amide bonds. The first-order valence-corrected chi connectivity index (χ1v) is 7.67. The van der Waals surface area contributed by atoms with E-state index in [-0.39, 0.29) is 18.2 Å². The van der Waals surface area contributed by atoms with Gasteiger partial charge in [-0.2, -0.15) is 4.99 Å². The summed E-state index contributed by atoms with van der Waals surface area (Å²) in [6.07, 6.45) is 8.01. The molecule has 0 saturated heterocycles. The Morgan fingerprint density at radius 1 is 1.30 bits per heavy atom. The van der Waals surface area contributed by atoms with Gasteiger partial charge in [0.1, 0.15) is 11.4 Å². The SMILES string of the molecule is CC1(C(=O)NCCc2ccccc2)CC(=O)N=C2C=CC=CN21. The molecule has 1 aromatic carbocycles. The lowest BCUT2D eigenvalue weighted by Crippen LogP contribution is -2.60. The number of carbonyl (C=O) groups is 2. The largest absolute Gasteiger partial charge is 0.354 e. The fraction of sp³-hybridized carbons (Fsp3) is 0.278. The Balaban J connectivity index is 1.68. The van der Waals surface area contributed by atoms with Gasteiger partial charge < -0.3 is 10.2 Å². The van der Waals surface area contributed by atoms with Gasteiger partial charge >= 0.3 is 0 Å². The third-order valence-corrected chi connectivity index (χ3v) is 4.14. The molecule has 2 aliphatic heterocycles. The van der Waals surface area contributed by atoms with Crippen LogP contribution in [0.3, 0.4) is 0 Å². The number of nitrogens with zero attached hydrogens (tertiary/aromatic N) is 2. The molecule has 0 aromatic heterocycles. The molecule has 5 nitrogen and oxygen atoms in total. The average molecular weight is 309 g/mol. The molecule has 1 aromatic rings. The van der Waals surface area contributed by atoms with Crippen molar-refractivity contribution in [1.29, 1.82) is 0 Å². The van der Waals surface area contributed by atoms with E-state index in [4.69, 9.17) is 0 Å². The van der Waals surface area contributed by atoms with Crippen molar-refractivity contribution in [3.63, 3.8) is 0 Å². The Kier molecular flexibility index (Phi) is 4.10. The van der Waals surface area contributed by atoms with Gasteiger partial charge in [-0.15, -0.1) is 0 Å². The molecule has 1 unspecified atom stereocenters. The van der Waals surface area contributed by atoms with Crippen LogP contribution in [0.15, 0.2) is 59.8 Å². The summed E-state index contributed by atoms with van der Waals surface area (Å²) in [5.74, 6) is 0.0931. The molecule has 0 fully saturated rings. The van der Waals surface area contributed by atoms with E-state index in [1.54, 1.807) is 24.1 Å². The number of rotatable bonds is 4. The van der Waals surface area contributed by atoms with Crippen LogP contribution in [0.4, 0.5) is 0 Å². The number of amides is 2. The third kappa shape index (κ3) is 3.08. The Bertz CT molecular complexity index is 706. The summed E-state index contributed by atoms with van der Waals surface area (Å²) < 4.78 is 0. The molecule has 0 radical (unpaired) electrons. The quantitative estimate of drug-likeness (QED) is 0.923. The van der Waals surface area contributed by atoms with Crippen molar-refractivity contribution in [2.75, 3.05) is 6.54 Å². The minimum Gasteiger partial charge on any atom is -0.354 e. The van der Waals surface area contributed by atoms with E-state index in [1.165, 1.54) is 5.56 Å². The molecule has 1 N–H and O–H groups in total. The minimum absolute atomic E-state index is 0.0752. The number of hydrogen-bond donors (Lipinski definition) is 1. The first-order valence-electron chi connectivity index (χ1n) is 7.67. The predicted octanol–water partition coefficient (Wildman–Crippen LogP) is 1.82. The Morgan fingerprint density at radius 3 is 2.87 bits per heavy atom. The van der Waals surface area contributed by atoms with Gasteiger partial charge in [0, 0.05) is 12.7 Å². The molecule has 5 heteroatoms. The van der Waals surface area contributed by atoms with Crippen molar-refractivity contribution in [2.24, 2.45) is 4.99 Å². The summed E-state index contributed by atoms with van der Waals surface area (Å²) in [4.78, 5) is 30.3. The maximum atomic E-state index is 12.7. The third-order valence-electron chi connectivity index (χ3n) is 4.14. The van der Waals surface area contributed by atoms with Crippen molar-refractivity contribution in [2.45, 2.75) is 25.3 Å². The topological polar surface area (TPSA) is 61.8 Å². The zero-order chi connectivity index (χ0) is 16.3. The number of nitrogens with one attached hydrogen (secondary N) is 1. The summed E-state index contributed by atoms with van der Waals surface area (Å²) in [6, 6.07) is 9.98. The standard InChI is InChI=1S/C18H19N3O2/c1-18(13-16(22)20-15-9-5-6-12-21(15)18)17(23)19-11-10-14-7-3-2-4-8-14/h2-9,12H,10-11,13H2,1H3,(H,19,23). The van der Waals surface area contributed by atoms with Crippen molar-refractivity contribution in [3.05, 3.63) is 60.3 Å². The van der Waals surface area contributed by atoms with Crippen LogP contribution in [0.2, 0.25) is 0 Å². The molecule has 0 saturated carbocycles. The van der Waals surface area contributed by atoms with Crippen LogP contribution in [0.1, 0.15) is 18.9 Å². The summed E-state index contributed by atoms with van der Waals surface area (Å²) in [7, 11) is 0. The van der Waals surface area contributed by atoms with Crippen molar-refractivity contribution in [1.82, 2.24) is 10.2 Å². The number of carbonyl (C=O) groups excluding carboxylic acids is 2. The molecule has 0 bridgehead atoms. The highest BCUT2D eigenvalue weighted by Crippen LogP contribution is 2.28. The van der Waals surface area contributed by atoms with Gasteiger partial charge in [0.25, 0.3) is 5.91 Å². The lowest BCUT2D eigenvalue weighted by Gasteiger charge is -2.41. The van der Waals surface area contributed by atoms with Crippen LogP contribution in [0.5, 0.6) is 0 Å². The highest BCUT2D eigenvalue weighted by Gasteiger charge is 2.44. The Labute approximate surface area is 135 Å². The fourth-order valence-electron chi connectivity index (χ4n) is 2.83. The summed E-state index contributed by atoms with van der Waals surface area (Å²) >= 11 is 0. The molecular weight excluding hydrogens is 290 g/mol. The van der Waals surface area contributed by atoms with E-state index in [1.807, 2.05) is 42.5 Å². The van der Waals surface area contributed by atoms with Gasteiger partial charge in [-0.05, 0) is 31.1 Å². The van der Waals surface area contributed by atoms with Gasteiger partial charge in [-0.1, -0.05) is 36.4 Å². The zero-order valence-corrected chi connectivity index (χ0v) is 13.0. The smallest absolute Gasteiger partial charge is 0.250 e. The molecule has 23 heavy (non-hydrogen) atoms. The van der Waals surface area contributed by atoms with Gasteiger partial charge in [-0.25, -0.2) is 0 Å². The van der Waals surface area contributed by atoms with Crippen molar-refractivity contribution in [3.8, 4) is 0 Å². The molecule has 2 aliphatic rings. The Morgan fingerprint density at radius 2 is 2.09 bits per heavy atom. The second-order valence-electron chi connectivity index (χ2n) is 5.88. The first-order chi connectivity index (χ1) is 11.1. The first kappa shape index (κ1) is 15.2. The second kappa shape index (κ2) is 6.20. The van der Waals surface area contributed by atoms with Crippen LogP contribution < -0.4 is 5.32 Å². The van der Waals surface area contributed by atoms with Crippen LogP contribution in [0, 0.1) is 0 Å². The lowest BCUT2D eigenvalue weighted by atomic mass is 9.91. The molecule has 118 valence electrons. The lowest BCUT2D eigenvalue weighted by molar-refractivity contribution is -0.134. The van der Waals surface area contributed by atoms with E-state index in [9.17, 15) is 9.59 Å². The van der Waals surface area contributed by atoms with E-state index in [0.717, 1.165) is 6.42 Å². The molecule has 3 rings (SSSR count). The highest BCUT2D eigenvalue weighted by atomic mass is 16.2. The highest BCUT2D eigenvalue weighted by molar-refractivity contribution is 6.09. The zero-order valence-electron chi connectivity index (χ0n) is 13.0. The average Bonchev–Trinajstić information content (AvgIpc) is 2.55. The number of amidine groups is 1. The number of fused-ring (bicyclic) bond motifs is 1. The number of allylic oxidation sites excluding steroid dienone is 2. The molecule has 0 aliphatic carbocycles. The summed E-state index contributed by atoms with van der Waals surface area (Å²) in [5.41, 5.74) is 0.229. The number of hydrogen-bond acceptors (Lipinski definition) is 3. The van der Waals surface area contributed by atoms with Gasteiger partial charge in [0.2, 0.25) is 5.91 Å². The second-order valence-corrected chi connectivity index (χ2v) is 5.88. The number of benzene rings is 1. The maximum Gasteiger partial charge on any atom is 0.250 e.